The molecule has 0 aliphatic carbocycles. The van der Waals surface area contributed by atoms with Crippen LogP contribution in [0, 0.1) is 13.8 Å². The number of hydrogen-bond donors (Lipinski definition) is 1. The van der Waals surface area contributed by atoms with Crippen LogP contribution in [0.4, 0.5) is 0 Å². The Morgan fingerprint density at radius 2 is 2.27 bits per heavy atom. The Morgan fingerprint density at radius 3 is 2.67 bits per heavy atom. The number of ether oxygens (including phenoxy) is 1. The minimum absolute atomic E-state index is 0.0799. The second kappa shape index (κ2) is 4.93. The van der Waals surface area contributed by atoms with Crippen LogP contribution < -0.4 is 5.73 Å². The van der Waals surface area contributed by atoms with Crippen LogP contribution in [-0.4, -0.2) is 24.8 Å². The molecule has 0 amide bonds. The van der Waals surface area contributed by atoms with Gasteiger partial charge in [-0.3, -0.25) is 4.79 Å². The van der Waals surface area contributed by atoms with Crippen molar-refractivity contribution in [1.29, 1.82) is 0 Å². The Bertz CT molecular complexity index is 327. The van der Waals surface area contributed by atoms with Crippen molar-refractivity contribution >= 4 is 5.97 Å². The van der Waals surface area contributed by atoms with Crippen molar-refractivity contribution in [3.05, 3.63) is 17.0 Å². The van der Waals surface area contributed by atoms with Gasteiger partial charge in [-0.15, -0.1) is 0 Å². The number of esters is 1. The maximum Gasteiger partial charge on any atom is 0.306 e. The lowest BCUT2D eigenvalue weighted by Gasteiger charge is -2.12. The monoisotopic (exact) mass is 212 g/mol. The summed E-state index contributed by atoms with van der Waals surface area (Å²) in [6.07, 6.45) is 0.260. The third kappa shape index (κ3) is 2.56. The number of methoxy groups -OCH3 is 1. The lowest BCUT2D eigenvalue weighted by Crippen LogP contribution is -2.18. The number of carbonyl (C=O) groups excluding carboxylic acids is 1. The standard InChI is InChI=1S/C10H16N2O3/c1-6-10(7(2)15-12-6)8(5-11)4-9(13)14-3/h8H,4-5,11H2,1-3H3. The maximum atomic E-state index is 11.2. The van der Waals surface area contributed by atoms with Gasteiger partial charge in [0.05, 0.1) is 19.2 Å². The van der Waals surface area contributed by atoms with Gasteiger partial charge in [0, 0.05) is 11.5 Å². The lowest BCUT2D eigenvalue weighted by molar-refractivity contribution is -0.141. The molecule has 0 aliphatic heterocycles. The smallest absolute Gasteiger partial charge is 0.306 e. The highest BCUT2D eigenvalue weighted by Gasteiger charge is 2.22. The lowest BCUT2D eigenvalue weighted by atomic mass is 9.94. The predicted molar refractivity (Wildman–Crippen MR) is 54.4 cm³/mol. The molecule has 0 saturated carbocycles. The van der Waals surface area contributed by atoms with E-state index in [1.54, 1.807) is 0 Å². The molecule has 1 unspecified atom stereocenters. The summed E-state index contributed by atoms with van der Waals surface area (Å²) in [4.78, 5) is 11.2. The first-order valence-corrected chi connectivity index (χ1v) is 4.79. The van der Waals surface area contributed by atoms with E-state index in [0.29, 0.717) is 12.3 Å². The molecule has 1 aromatic heterocycles. The number of aryl methyl sites for hydroxylation is 2. The minimum atomic E-state index is -0.273. The van der Waals surface area contributed by atoms with E-state index >= 15 is 0 Å². The topological polar surface area (TPSA) is 78.4 Å². The quantitative estimate of drug-likeness (QED) is 0.750. The summed E-state index contributed by atoms with van der Waals surface area (Å²) in [5.41, 5.74) is 7.33. The normalized spacial score (nSPS) is 12.5. The van der Waals surface area contributed by atoms with Crippen molar-refractivity contribution in [1.82, 2.24) is 5.16 Å². The molecule has 0 bridgehead atoms. The number of nitrogens with zero attached hydrogens (tertiary/aromatic N) is 1. The second-order valence-corrected chi connectivity index (χ2v) is 3.45. The second-order valence-electron chi connectivity index (χ2n) is 3.45. The van der Waals surface area contributed by atoms with E-state index in [-0.39, 0.29) is 18.3 Å². The Hall–Kier alpha value is -1.36. The molecule has 0 spiro atoms. The van der Waals surface area contributed by atoms with Crippen LogP contribution in [-0.2, 0) is 9.53 Å². The third-order valence-electron chi connectivity index (χ3n) is 2.42. The summed E-state index contributed by atoms with van der Waals surface area (Å²) in [5.74, 6) is 0.362. The first-order chi connectivity index (χ1) is 7.10. The van der Waals surface area contributed by atoms with Gasteiger partial charge in [0.2, 0.25) is 0 Å². The number of carbonyl (C=O) groups is 1. The highest BCUT2D eigenvalue weighted by Crippen LogP contribution is 2.25. The molecule has 2 N–H and O–H groups in total. The van der Waals surface area contributed by atoms with Crippen molar-refractivity contribution in [2.45, 2.75) is 26.2 Å². The van der Waals surface area contributed by atoms with Gasteiger partial charge in [0.25, 0.3) is 0 Å². The molecule has 0 aliphatic rings. The highest BCUT2D eigenvalue weighted by atomic mass is 16.5. The fraction of sp³-hybridized carbons (Fsp3) is 0.600. The van der Waals surface area contributed by atoms with Crippen molar-refractivity contribution < 1.29 is 14.1 Å². The van der Waals surface area contributed by atoms with Gasteiger partial charge >= 0.3 is 5.97 Å². The first kappa shape index (κ1) is 11.7. The first-order valence-electron chi connectivity index (χ1n) is 4.79. The zero-order chi connectivity index (χ0) is 11.4. The minimum Gasteiger partial charge on any atom is -0.469 e. The Kier molecular flexibility index (Phi) is 3.85. The molecule has 0 radical (unpaired) electrons. The molecule has 0 aromatic carbocycles. The highest BCUT2D eigenvalue weighted by molar-refractivity contribution is 5.70. The number of nitrogens with two attached hydrogens (primary N) is 1. The number of rotatable bonds is 4. The molecule has 0 fully saturated rings. The molecule has 84 valence electrons. The molecule has 5 nitrogen and oxygen atoms in total. The van der Waals surface area contributed by atoms with Gasteiger partial charge in [-0.1, -0.05) is 5.16 Å². The van der Waals surface area contributed by atoms with Gasteiger partial charge in [0.15, 0.2) is 0 Å². The van der Waals surface area contributed by atoms with Crippen molar-refractivity contribution in [3.63, 3.8) is 0 Å². The zero-order valence-corrected chi connectivity index (χ0v) is 9.24. The molecule has 5 heteroatoms. The maximum absolute atomic E-state index is 11.2. The van der Waals surface area contributed by atoms with Crippen LogP contribution in [0.2, 0.25) is 0 Å². The fourth-order valence-corrected chi connectivity index (χ4v) is 1.66. The van der Waals surface area contributed by atoms with Crippen molar-refractivity contribution in [2.75, 3.05) is 13.7 Å². The Balaban J connectivity index is 2.87. The van der Waals surface area contributed by atoms with Crippen molar-refractivity contribution in [2.24, 2.45) is 5.73 Å². The van der Waals surface area contributed by atoms with Crippen LogP contribution in [0.5, 0.6) is 0 Å². The number of hydrogen-bond acceptors (Lipinski definition) is 5. The molecule has 1 aromatic rings. The molecule has 1 rings (SSSR count). The van der Waals surface area contributed by atoms with Gasteiger partial charge in [-0.2, -0.15) is 0 Å². The van der Waals surface area contributed by atoms with E-state index in [0.717, 1.165) is 11.3 Å². The van der Waals surface area contributed by atoms with Crippen LogP contribution in [0.15, 0.2) is 4.52 Å². The van der Waals surface area contributed by atoms with Gasteiger partial charge in [-0.25, -0.2) is 0 Å². The average molecular weight is 212 g/mol. The molecule has 0 saturated heterocycles. The Labute approximate surface area is 88.6 Å². The SMILES string of the molecule is COC(=O)CC(CN)c1c(C)noc1C. The van der Waals surface area contributed by atoms with E-state index in [2.05, 4.69) is 9.89 Å². The summed E-state index contributed by atoms with van der Waals surface area (Å²) in [6, 6.07) is 0. The predicted octanol–water partition coefficient (Wildman–Crippen LogP) is 0.897. The summed E-state index contributed by atoms with van der Waals surface area (Å²) >= 11 is 0. The van der Waals surface area contributed by atoms with Gasteiger partial charge in [0.1, 0.15) is 5.76 Å². The summed E-state index contributed by atoms with van der Waals surface area (Å²) in [5, 5.41) is 3.84. The van der Waals surface area contributed by atoms with E-state index in [1.165, 1.54) is 7.11 Å². The van der Waals surface area contributed by atoms with E-state index in [1.807, 2.05) is 13.8 Å². The van der Waals surface area contributed by atoms with Gasteiger partial charge in [-0.05, 0) is 20.4 Å². The van der Waals surface area contributed by atoms with Crippen molar-refractivity contribution in [3.8, 4) is 0 Å². The van der Waals surface area contributed by atoms with E-state index in [9.17, 15) is 4.79 Å². The van der Waals surface area contributed by atoms with E-state index in [4.69, 9.17) is 10.3 Å². The molecule has 1 heterocycles. The fourth-order valence-electron chi connectivity index (χ4n) is 1.66. The van der Waals surface area contributed by atoms with E-state index < -0.39 is 0 Å². The molecular weight excluding hydrogens is 196 g/mol. The van der Waals surface area contributed by atoms with Crippen LogP contribution in [0.25, 0.3) is 0 Å². The molecule has 15 heavy (non-hydrogen) atoms. The van der Waals surface area contributed by atoms with Crippen LogP contribution in [0.1, 0.15) is 29.4 Å². The Morgan fingerprint density at radius 1 is 1.60 bits per heavy atom. The molecule has 1 atom stereocenters. The average Bonchev–Trinajstić information content (AvgIpc) is 2.55. The largest absolute Gasteiger partial charge is 0.469 e. The zero-order valence-electron chi connectivity index (χ0n) is 9.24. The summed E-state index contributed by atoms with van der Waals surface area (Å²) in [7, 11) is 1.36. The van der Waals surface area contributed by atoms with Gasteiger partial charge < -0.3 is 15.0 Å². The van der Waals surface area contributed by atoms with Crippen LogP contribution in [0.3, 0.4) is 0 Å². The third-order valence-corrected chi connectivity index (χ3v) is 2.42. The summed E-state index contributed by atoms with van der Waals surface area (Å²) < 4.78 is 9.65. The van der Waals surface area contributed by atoms with Crippen LogP contribution >= 0.6 is 0 Å². The number of aromatic nitrogens is 1. The molecular formula is C10H16N2O3. The summed E-state index contributed by atoms with van der Waals surface area (Å²) in [6.45, 7) is 4.03.